The third-order valence-electron chi connectivity index (χ3n) is 7.22. The Kier molecular flexibility index (Phi) is 5.91. The molecular formula is C26H31FN2O3. The van der Waals surface area contributed by atoms with Gasteiger partial charge in [0.25, 0.3) is 0 Å². The molecule has 2 aliphatic heterocycles. The third kappa shape index (κ3) is 4.14. The number of methoxy groups -OCH3 is 1. The lowest BCUT2D eigenvalue weighted by molar-refractivity contribution is -0.122. The van der Waals surface area contributed by atoms with Gasteiger partial charge in [0.15, 0.2) is 0 Å². The summed E-state index contributed by atoms with van der Waals surface area (Å²) in [5.41, 5.74) is 4.33. The first-order valence-corrected chi connectivity index (χ1v) is 11.6. The second-order valence-corrected chi connectivity index (χ2v) is 9.42. The number of likely N-dealkylation sites (tertiary alicyclic amines) is 1. The number of carbonyl (C=O) groups is 1. The summed E-state index contributed by atoms with van der Waals surface area (Å²) in [6.07, 6.45) is 5.06. The van der Waals surface area contributed by atoms with E-state index in [1.165, 1.54) is 35.6 Å². The predicted octanol–water partition coefficient (Wildman–Crippen LogP) is 3.59. The monoisotopic (exact) mass is 438 g/mol. The Bertz CT molecular complexity index is 1010. The summed E-state index contributed by atoms with van der Waals surface area (Å²) >= 11 is 0. The van der Waals surface area contributed by atoms with Crippen LogP contribution in [0.4, 0.5) is 4.39 Å². The summed E-state index contributed by atoms with van der Waals surface area (Å²) in [4.78, 5) is 14.9. The van der Waals surface area contributed by atoms with Crippen molar-refractivity contribution in [3.8, 4) is 5.75 Å². The van der Waals surface area contributed by atoms with Gasteiger partial charge in [-0.2, -0.15) is 0 Å². The van der Waals surface area contributed by atoms with Crippen molar-refractivity contribution in [1.82, 2.24) is 10.2 Å². The van der Waals surface area contributed by atoms with Crippen molar-refractivity contribution in [3.63, 3.8) is 0 Å². The number of amides is 1. The SMILES string of the molecule is COc1cc2c(cc1CN1C[C@@H](c3cccc(F)c3)[C@@]3(COCCC(=O)N3)C1)CCCC2. The zero-order chi connectivity index (χ0) is 22.1. The molecule has 2 saturated heterocycles. The lowest BCUT2D eigenvalue weighted by Gasteiger charge is -2.34. The highest BCUT2D eigenvalue weighted by atomic mass is 19.1. The predicted molar refractivity (Wildman–Crippen MR) is 120 cm³/mol. The summed E-state index contributed by atoms with van der Waals surface area (Å²) < 4.78 is 25.7. The maximum absolute atomic E-state index is 14.1. The number of rotatable bonds is 4. The van der Waals surface area contributed by atoms with Gasteiger partial charge < -0.3 is 14.8 Å². The normalized spacial score (nSPS) is 25.9. The zero-order valence-electron chi connectivity index (χ0n) is 18.7. The van der Waals surface area contributed by atoms with Gasteiger partial charge in [-0.15, -0.1) is 0 Å². The van der Waals surface area contributed by atoms with Gasteiger partial charge in [0.1, 0.15) is 11.6 Å². The van der Waals surface area contributed by atoms with Gasteiger partial charge in [0.05, 0.1) is 25.9 Å². The fraction of sp³-hybridized carbons (Fsp3) is 0.500. The van der Waals surface area contributed by atoms with Crippen molar-refractivity contribution in [2.45, 2.75) is 50.1 Å². The van der Waals surface area contributed by atoms with Crippen LogP contribution in [0, 0.1) is 5.82 Å². The van der Waals surface area contributed by atoms with Gasteiger partial charge in [-0.25, -0.2) is 4.39 Å². The molecule has 2 atom stereocenters. The molecule has 1 spiro atoms. The average Bonchev–Trinajstić information content (AvgIpc) is 3.02. The Labute approximate surface area is 188 Å². The maximum Gasteiger partial charge on any atom is 0.222 e. The summed E-state index contributed by atoms with van der Waals surface area (Å²) in [5.74, 6) is 0.615. The fourth-order valence-electron chi connectivity index (χ4n) is 5.71. The van der Waals surface area contributed by atoms with E-state index in [2.05, 4.69) is 22.3 Å². The number of aryl methyl sites for hydroxylation is 2. The minimum absolute atomic E-state index is 0.00267. The molecule has 170 valence electrons. The Hall–Kier alpha value is -2.44. The molecule has 3 aliphatic rings. The van der Waals surface area contributed by atoms with E-state index >= 15 is 0 Å². The summed E-state index contributed by atoms with van der Waals surface area (Å²) in [6.45, 7) is 2.94. The van der Waals surface area contributed by atoms with E-state index in [1.54, 1.807) is 19.2 Å². The van der Waals surface area contributed by atoms with Crippen LogP contribution < -0.4 is 10.1 Å². The molecule has 0 unspecified atom stereocenters. The molecule has 1 N–H and O–H groups in total. The molecule has 5 rings (SSSR count). The molecule has 0 radical (unpaired) electrons. The first-order chi connectivity index (χ1) is 15.6. The lowest BCUT2D eigenvalue weighted by Crippen LogP contribution is -2.55. The molecule has 0 bridgehead atoms. The van der Waals surface area contributed by atoms with Crippen molar-refractivity contribution in [2.75, 3.05) is 33.4 Å². The van der Waals surface area contributed by atoms with E-state index in [9.17, 15) is 9.18 Å². The second-order valence-electron chi connectivity index (χ2n) is 9.42. The lowest BCUT2D eigenvalue weighted by atomic mass is 9.82. The molecule has 0 saturated carbocycles. The molecule has 1 amide bonds. The van der Waals surface area contributed by atoms with Crippen LogP contribution in [0.2, 0.25) is 0 Å². The van der Waals surface area contributed by atoms with Crippen LogP contribution in [0.3, 0.4) is 0 Å². The standard InChI is InChI=1S/C26H31FN2O3/c1-31-24-13-19-6-3-2-5-18(19)11-21(24)14-29-15-23(20-7-4-8-22(27)12-20)26(16-29)17-32-10-9-25(30)28-26/h4,7-8,11-13,23H,2-3,5-6,9-10,14-17H2,1H3,(H,28,30)/t23-,26-/m0/s1. The van der Waals surface area contributed by atoms with Crippen molar-refractivity contribution in [3.05, 3.63) is 64.5 Å². The van der Waals surface area contributed by atoms with E-state index in [-0.39, 0.29) is 17.6 Å². The van der Waals surface area contributed by atoms with Gasteiger partial charge in [-0.3, -0.25) is 9.69 Å². The van der Waals surface area contributed by atoms with Crippen LogP contribution in [-0.4, -0.2) is 49.8 Å². The third-order valence-corrected chi connectivity index (χ3v) is 7.22. The van der Waals surface area contributed by atoms with Gasteiger partial charge >= 0.3 is 0 Å². The molecule has 2 heterocycles. The molecule has 5 nitrogen and oxygen atoms in total. The largest absolute Gasteiger partial charge is 0.496 e. The van der Waals surface area contributed by atoms with Crippen LogP contribution >= 0.6 is 0 Å². The van der Waals surface area contributed by atoms with Gasteiger partial charge in [0.2, 0.25) is 5.91 Å². The number of hydrogen-bond donors (Lipinski definition) is 1. The second kappa shape index (κ2) is 8.83. The highest BCUT2D eigenvalue weighted by Crippen LogP contribution is 2.39. The molecule has 32 heavy (non-hydrogen) atoms. The van der Waals surface area contributed by atoms with Crippen LogP contribution in [0.15, 0.2) is 36.4 Å². The topological polar surface area (TPSA) is 50.8 Å². The quantitative estimate of drug-likeness (QED) is 0.793. The smallest absolute Gasteiger partial charge is 0.222 e. The molecule has 2 aromatic rings. The molecule has 1 aliphatic carbocycles. The van der Waals surface area contributed by atoms with Crippen molar-refractivity contribution < 1.29 is 18.7 Å². The zero-order valence-corrected chi connectivity index (χ0v) is 18.7. The van der Waals surface area contributed by atoms with E-state index < -0.39 is 5.54 Å². The molecule has 2 fully saturated rings. The Morgan fingerprint density at radius 2 is 2.00 bits per heavy atom. The van der Waals surface area contributed by atoms with E-state index in [1.807, 2.05) is 6.07 Å². The number of ether oxygens (including phenoxy) is 2. The van der Waals surface area contributed by atoms with Crippen molar-refractivity contribution in [1.29, 1.82) is 0 Å². The van der Waals surface area contributed by atoms with E-state index in [4.69, 9.17) is 9.47 Å². The average molecular weight is 439 g/mol. The molecule has 6 heteroatoms. The highest BCUT2D eigenvalue weighted by molar-refractivity contribution is 5.77. The van der Waals surface area contributed by atoms with Crippen molar-refractivity contribution in [2.24, 2.45) is 0 Å². The number of benzene rings is 2. The van der Waals surface area contributed by atoms with Crippen molar-refractivity contribution >= 4 is 5.91 Å². The fourth-order valence-corrected chi connectivity index (χ4v) is 5.71. The number of carbonyl (C=O) groups excluding carboxylic acids is 1. The van der Waals surface area contributed by atoms with Crippen LogP contribution in [0.5, 0.6) is 5.75 Å². The minimum Gasteiger partial charge on any atom is -0.496 e. The summed E-state index contributed by atoms with van der Waals surface area (Å²) in [7, 11) is 1.73. The van der Waals surface area contributed by atoms with E-state index in [0.29, 0.717) is 32.7 Å². The molecular weight excluding hydrogens is 407 g/mol. The number of nitrogens with one attached hydrogen (secondary N) is 1. The molecule has 2 aromatic carbocycles. The summed E-state index contributed by atoms with van der Waals surface area (Å²) in [5, 5.41) is 3.26. The number of hydrogen-bond acceptors (Lipinski definition) is 4. The molecule has 0 aromatic heterocycles. The first-order valence-electron chi connectivity index (χ1n) is 11.6. The number of halogens is 1. The first kappa shape index (κ1) is 21.4. The van der Waals surface area contributed by atoms with Gasteiger partial charge in [-0.1, -0.05) is 18.2 Å². The minimum atomic E-state index is -0.567. The highest BCUT2D eigenvalue weighted by Gasteiger charge is 2.49. The van der Waals surface area contributed by atoms with Crippen LogP contribution in [-0.2, 0) is 28.9 Å². The summed E-state index contributed by atoms with van der Waals surface area (Å²) in [6, 6.07) is 11.3. The van der Waals surface area contributed by atoms with E-state index in [0.717, 1.165) is 30.7 Å². The van der Waals surface area contributed by atoms with Gasteiger partial charge in [-0.05, 0) is 60.6 Å². The van der Waals surface area contributed by atoms with Crippen LogP contribution in [0.1, 0.15) is 47.4 Å². The van der Waals surface area contributed by atoms with Crippen LogP contribution in [0.25, 0.3) is 0 Å². The number of fused-ring (bicyclic) bond motifs is 1. The Morgan fingerprint density at radius 1 is 1.19 bits per heavy atom. The number of nitrogens with zero attached hydrogens (tertiary/aromatic N) is 1. The Balaban J connectivity index is 1.46. The maximum atomic E-state index is 14.1. The van der Waals surface area contributed by atoms with Gasteiger partial charge in [0, 0.05) is 37.5 Å². The Morgan fingerprint density at radius 3 is 2.78 bits per heavy atom.